The van der Waals surface area contributed by atoms with Crippen LogP contribution in [0.25, 0.3) is 11.1 Å². The lowest BCUT2D eigenvalue weighted by Crippen LogP contribution is -2.68. The first-order valence-electron chi connectivity index (χ1n) is 10.9. The van der Waals surface area contributed by atoms with Gasteiger partial charge in [0.05, 0.1) is 7.11 Å². The molecule has 2 aromatic rings. The average molecular weight is 473 g/mol. The molecule has 0 saturated carbocycles. The molecule has 3 unspecified atom stereocenters. The molecule has 4 rings (SSSR count). The predicted octanol–water partition coefficient (Wildman–Crippen LogP) is 4.72. The van der Waals surface area contributed by atoms with Gasteiger partial charge in [0.25, 0.3) is 0 Å². The number of benzene rings is 2. The highest BCUT2D eigenvalue weighted by atomic mass is 19.4. The third-order valence-corrected chi connectivity index (χ3v) is 6.62. The van der Waals surface area contributed by atoms with Gasteiger partial charge >= 0.3 is 12.1 Å². The Bertz CT molecular complexity index is 1140. The Kier molecular flexibility index (Phi) is 5.84. The first-order valence-corrected chi connectivity index (χ1v) is 10.9. The summed E-state index contributed by atoms with van der Waals surface area (Å²) in [5, 5.41) is 13.1. The normalized spacial score (nSPS) is 26.5. The molecule has 0 aromatic heterocycles. The highest BCUT2D eigenvalue weighted by Gasteiger charge is 2.67. The number of Topliss-reactive ketones (excluding diaryl/α,β-unsaturated/α-hetero) is 1. The van der Waals surface area contributed by atoms with Crippen molar-refractivity contribution in [2.75, 3.05) is 7.11 Å². The van der Waals surface area contributed by atoms with E-state index in [1.807, 2.05) is 30.3 Å². The Morgan fingerprint density at radius 2 is 1.62 bits per heavy atom. The molecule has 0 spiro atoms. The van der Waals surface area contributed by atoms with Crippen LogP contribution in [0, 0.1) is 11.3 Å². The van der Waals surface area contributed by atoms with Crippen molar-refractivity contribution in [2.45, 2.75) is 44.5 Å². The Labute approximate surface area is 195 Å². The van der Waals surface area contributed by atoms with E-state index >= 15 is 0 Å². The highest BCUT2D eigenvalue weighted by Crippen LogP contribution is 2.53. The molecule has 1 aliphatic heterocycles. The van der Waals surface area contributed by atoms with Crippen LogP contribution in [0.4, 0.5) is 13.2 Å². The highest BCUT2D eigenvalue weighted by molar-refractivity contribution is 6.00. The van der Waals surface area contributed by atoms with Gasteiger partial charge in [-0.2, -0.15) is 13.2 Å². The number of aliphatic hydroxyl groups is 1. The van der Waals surface area contributed by atoms with Gasteiger partial charge in [0.2, 0.25) is 5.72 Å². The maximum absolute atomic E-state index is 14.3. The Morgan fingerprint density at radius 1 is 1.03 bits per heavy atom. The summed E-state index contributed by atoms with van der Waals surface area (Å²) in [6.45, 7) is 3.55. The zero-order valence-electron chi connectivity index (χ0n) is 19.1. The molecule has 2 N–H and O–H groups in total. The number of esters is 1. The van der Waals surface area contributed by atoms with Gasteiger partial charge in [-0.25, -0.2) is 0 Å². The van der Waals surface area contributed by atoms with Crippen molar-refractivity contribution >= 4 is 11.8 Å². The van der Waals surface area contributed by atoms with Crippen molar-refractivity contribution in [3.8, 4) is 11.1 Å². The van der Waals surface area contributed by atoms with Crippen LogP contribution < -0.4 is 5.32 Å². The third kappa shape index (κ3) is 4.00. The zero-order chi connectivity index (χ0) is 24.9. The van der Waals surface area contributed by atoms with E-state index in [4.69, 9.17) is 4.74 Å². The van der Waals surface area contributed by atoms with Crippen molar-refractivity contribution < 1.29 is 32.6 Å². The number of methoxy groups -OCH3 is 1. The largest absolute Gasteiger partial charge is 0.469 e. The van der Waals surface area contributed by atoms with E-state index in [9.17, 15) is 27.9 Å². The second-order valence-corrected chi connectivity index (χ2v) is 9.69. The number of alkyl halides is 3. The number of nitrogens with one attached hydrogen (secondary N) is 1. The van der Waals surface area contributed by atoms with E-state index in [-0.39, 0.29) is 29.9 Å². The Hall–Kier alpha value is -3.13. The average Bonchev–Trinajstić information content (AvgIpc) is 2.77. The summed E-state index contributed by atoms with van der Waals surface area (Å²) >= 11 is 0. The van der Waals surface area contributed by atoms with Crippen molar-refractivity contribution in [3.63, 3.8) is 0 Å². The minimum absolute atomic E-state index is 0.0124. The van der Waals surface area contributed by atoms with Gasteiger partial charge in [-0.1, -0.05) is 68.4 Å². The fourth-order valence-electron chi connectivity index (χ4n) is 5.08. The fraction of sp³-hybridized carbons (Fsp3) is 0.385. The quantitative estimate of drug-likeness (QED) is 0.631. The number of halogens is 3. The predicted molar refractivity (Wildman–Crippen MR) is 119 cm³/mol. The molecule has 5 nitrogen and oxygen atoms in total. The fourth-order valence-corrected chi connectivity index (χ4v) is 5.08. The van der Waals surface area contributed by atoms with Gasteiger partial charge in [0.1, 0.15) is 5.92 Å². The van der Waals surface area contributed by atoms with Crippen LogP contribution >= 0.6 is 0 Å². The number of ketones is 1. The van der Waals surface area contributed by atoms with E-state index in [0.717, 1.165) is 18.2 Å². The van der Waals surface area contributed by atoms with Crippen LogP contribution in [0.3, 0.4) is 0 Å². The van der Waals surface area contributed by atoms with Gasteiger partial charge in [-0.3, -0.25) is 9.59 Å². The zero-order valence-corrected chi connectivity index (χ0v) is 19.1. The molecule has 180 valence electrons. The summed E-state index contributed by atoms with van der Waals surface area (Å²) in [6.07, 6.45) is -4.97. The van der Waals surface area contributed by atoms with Crippen molar-refractivity contribution in [1.82, 2.24) is 5.32 Å². The van der Waals surface area contributed by atoms with Crippen LogP contribution in [0.5, 0.6) is 0 Å². The van der Waals surface area contributed by atoms with Crippen molar-refractivity contribution in [2.24, 2.45) is 11.3 Å². The Morgan fingerprint density at radius 3 is 2.18 bits per heavy atom. The summed E-state index contributed by atoms with van der Waals surface area (Å²) in [5.74, 6) is -5.05. The summed E-state index contributed by atoms with van der Waals surface area (Å²) < 4.78 is 47.5. The minimum Gasteiger partial charge on any atom is -0.469 e. The first-order chi connectivity index (χ1) is 15.9. The van der Waals surface area contributed by atoms with Crippen molar-refractivity contribution in [3.05, 3.63) is 71.4 Å². The topological polar surface area (TPSA) is 75.6 Å². The second-order valence-electron chi connectivity index (χ2n) is 9.69. The number of hydrogen-bond donors (Lipinski definition) is 2. The van der Waals surface area contributed by atoms with Crippen LogP contribution in [0.2, 0.25) is 0 Å². The lowest BCUT2D eigenvalue weighted by Gasteiger charge is -2.49. The summed E-state index contributed by atoms with van der Waals surface area (Å²) in [4.78, 5) is 26.0. The van der Waals surface area contributed by atoms with E-state index < -0.39 is 35.1 Å². The molecule has 0 bridgehead atoms. The molecule has 0 amide bonds. The van der Waals surface area contributed by atoms with Gasteiger partial charge in [0, 0.05) is 23.6 Å². The number of allylic oxidation sites excluding steroid dienone is 2. The molecule has 1 aliphatic carbocycles. The smallest absolute Gasteiger partial charge is 0.437 e. The third-order valence-electron chi connectivity index (χ3n) is 6.62. The molecule has 2 aliphatic rings. The van der Waals surface area contributed by atoms with Gasteiger partial charge < -0.3 is 15.2 Å². The number of carbonyl (C=O) groups excluding carboxylic acids is 2. The minimum atomic E-state index is -5.21. The van der Waals surface area contributed by atoms with Gasteiger partial charge in [-0.05, 0) is 28.5 Å². The summed E-state index contributed by atoms with van der Waals surface area (Å²) in [7, 11) is 0.963. The van der Waals surface area contributed by atoms with E-state index in [1.165, 1.54) is 0 Å². The SMILES string of the molecule is COC(=O)C1C(c2ccc(-c3ccccc3)cc2)C2=C(CC(C)(C)CC2=O)NC1(O)C(F)(F)F. The lowest BCUT2D eigenvalue weighted by molar-refractivity contribution is -0.293. The molecular weight excluding hydrogens is 447 g/mol. The molecule has 34 heavy (non-hydrogen) atoms. The van der Waals surface area contributed by atoms with E-state index in [1.54, 1.807) is 38.1 Å². The van der Waals surface area contributed by atoms with Crippen LogP contribution in [0.15, 0.2) is 65.9 Å². The van der Waals surface area contributed by atoms with E-state index in [0.29, 0.717) is 5.56 Å². The molecule has 3 atom stereocenters. The molecular formula is C26H26F3NO4. The first kappa shape index (κ1) is 24.0. The lowest BCUT2D eigenvalue weighted by atomic mass is 9.64. The van der Waals surface area contributed by atoms with Crippen LogP contribution in [0.1, 0.15) is 38.2 Å². The number of hydrogen-bond acceptors (Lipinski definition) is 5. The molecule has 0 saturated heterocycles. The number of rotatable bonds is 3. The number of carbonyl (C=O) groups is 2. The number of ether oxygens (including phenoxy) is 1. The van der Waals surface area contributed by atoms with Crippen molar-refractivity contribution in [1.29, 1.82) is 0 Å². The molecule has 2 aromatic carbocycles. The van der Waals surface area contributed by atoms with Crippen LogP contribution in [-0.4, -0.2) is 35.9 Å². The monoisotopic (exact) mass is 473 g/mol. The molecule has 0 radical (unpaired) electrons. The Balaban J connectivity index is 1.91. The maximum Gasteiger partial charge on any atom is 0.437 e. The molecule has 0 fully saturated rings. The van der Waals surface area contributed by atoms with Gasteiger partial charge in [-0.15, -0.1) is 0 Å². The molecule has 1 heterocycles. The van der Waals surface area contributed by atoms with Gasteiger partial charge in [0.15, 0.2) is 5.78 Å². The maximum atomic E-state index is 14.3. The standard InChI is InChI=1S/C26H26F3NO4/c1-24(2)13-18-21(19(31)14-24)20(22(23(32)34-3)25(33,30-18)26(27,28)29)17-11-9-16(10-12-17)15-7-5-4-6-8-15/h4-12,20,22,30,33H,13-14H2,1-3H3. The summed E-state index contributed by atoms with van der Waals surface area (Å²) in [6, 6.07) is 16.1. The van der Waals surface area contributed by atoms with E-state index in [2.05, 4.69) is 5.32 Å². The summed E-state index contributed by atoms with van der Waals surface area (Å²) in [5.41, 5.74) is -2.05. The molecule has 8 heteroatoms. The van der Waals surface area contributed by atoms with Crippen LogP contribution in [-0.2, 0) is 14.3 Å². The second kappa shape index (κ2) is 8.27.